The molecule has 42 nitrogen and oxygen atoms in total. The maximum atomic E-state index is 12.2. The molecule has 0 saturated carbocycles. The Morgan fingerprint density at radius 3 is 0.860 bits per heavy atom. The van der Waals surface area contributed by atoms with Gasteiger partial charge in [0.25, 0.3) is 0 Å². The number of carbonyl (C=O) groups is 19. The molecule has 840 valence electrons. The molecule has 0 aromatic heterocycles. The summed E-state index contributed by atoms with van der Waals surface area (Å²) in [6.45, 7) is 81.9. The van der Waals surface area contributed by atoms with Crippen LogP contribution in [-0.2, 0) is 120 Å². The van der Waals surface area contributed by atoms with Gasteiger partial charge in [-0.15, -0.1) is 0 Å². The number of ketones is 4. The van der Waals surface area contributed by atoms with E-state index in [0.29, 0.717) is 168 Å². The Hall–Kier alpha value is -14.5. The molecule has 0 aliphatic heterocycles. The Morgan fingerprint density at radius 2 is 0.547 bits per heavy atom. The minimum Gasteiger partial charge on any atom is -0.388 e. The number of ether oxygens (including phenoxy) is 6. The van der Waals surface area contributed by atoms with E-state index < -0.39 is 29.6 Å². The number of allylic oxidation sites excluding steroid dienone is 4. The SMILES string of the molecule is C=C(C)C(=O)NCNC(=O)C(=C)C.C=CC(=O)CC(O)C(O)NC(=O)C=C.C=CC(=O)CCCCOCC(COCCCCCC)(COCCCCCC)NC(=O)C=C.C=CC(=O)CCCN(CCN(CCNC(=O)C=C)C(=O)C=C)C(=O)C=C.C=CC(=O)CCCNC(=O)C=C.C=CC(=O)NCCCOCCOCCOCCCNC(=O)C=C.C=CC(=O)NCCN(CCNC(=O)C=C)C(=O)C=C.C=CC(=O)NCNC(=O)C=C. The van der Waals surface area contributed by atoms with Crippen molar-refractivity contribution in [2.45, 2.75) is 161 Å². The molecular weight excluding hydrogens is 1940 g/mol. The fourth-order valence-electron chi connectivity index (χ4n) is 10.2. The van der Waals surface area contributed by atoms with Crippen LogP contribution in [0.5, 0.6) is 0 Å². The van der Waals surface area contributed by atoms with Crippen LogP contribution in [-0.4, -0.2) is 326 Å². The van der Waals surface area contributed by atoms with E-state index in [1.807, 2.05) is 5.32 Å². The lowest BCUT2D eigenvalue weighted by atomic mass is 10.0. The highest BCUT2D eigenvalue weighted by Crippen LogP contribution is 2.14. The lowest BCUT2D eigenvalue weighted by molar-refractivity contribution is -0.130. The number of hydrogen-bond acceptors (Lipinski definition) is 27. The van der Waals surface area contributed by atoms with Crippen LogP contribution < -0.4 is 63.8 Å². The topological polar surface area (TPSA) is 574 Å². The molecule has 0 radical (unpaired) electrons. The van der Waals surface area contributed by atoms with E-state index in [4.69, 9.17) is 33.5 Å². The van der Waals surface area contributed by atoms with Crippen molar-refractivity contribution in [2.24, 2.45) is 0 Å². The number of unbranched alkanes of at least 4 members (excludes halogenated alkanes) is 7. The second kappa shape index (κ2) is 109. The van der Waals surface area contributed by atoms with Gasteiger partial charge in [0.1, 0.15) is 11.6 Å². The molecule has 0 heterocycles. The molecular formula is C108H171N15O27. The molecule has 14 N–H and O–H groups in total. The standard InChI is InChI=1S/C26H47NO5.C19H27N3O4.C16H28N2O5.C13H19N3O3.C9H14N2O2.C9H13NO4.C9H13NO2.C7H10N2O2/c1-5-9-11-14-18-30-21-26(27-25(29)8-4,22-31-19-15-12-10-6-2)23-32-20-16-13-17-24(28)7-3;1-5-16(23)10-9-12-21(18(25)7-3)14-15-22(19(26)8-4)13-11-20-17(24)6-2;1-3-15(19)17-7-5-9-21-11-13-23-14-12-22-10-6-8-18-16(20)4-2;1-4-11(17)14-7-9-16(13(19)6-3)10-8-15-12(18)5-2;1-6(2)8(12)10-5-11-9(13)7(3)4;1-3-6(11)5-7(12)9(14)10-8(13)4-2;1-3-8(11)6-5-7-10-9(12)4-2;1-3-6(10)8-5-9-7(11)4-2/h7-8H,3-6,9-23H2,1-2H3,(H,27,29);5-8H,1-4,9-15H2,(H,20,24);3-4H,1-2,5-14H2,(H,17,19)(H,18,20);4-6H,1-3,7-10H2,(H,14,17)(H,15,18);1,3,5H2,2,4H3,(H,10,12)(H,11,13);3-4,7,9,12,14H,1-2,5H2,(H,10,13);3-4H,1-2,5-7H2,(H,10,12);3-4H,1-2,5H2,(H,8,10)(H,9,11). The van der Waals surface area contributed by atoms with E-state index in [0.717, 1.165) is 93.9 Å². The zero-order chi connectivity index (χ0) is 115. The third-order valence-electron chi connectivity index (χ3n) is 18.6. The first-order chi connectivity index (χ1) is 71.5. The third-order valence-corrected chi connectivity index (χ3v) is 18.6. The molecule has 2 atom stereocenters. The predicted molar refractivity (Wildman–Crippen MR) is 584 cm³/mol. The van der Waals surface area contributed by atoms with E-state index in [-0.39, 0.29) is 153 Å². The summed E-state index contributed by atoms with van der Waals surface area (Å²) in [5, 5.41) is 48.6. The summed E-state index contributed by atoms with van der Waals surface area (Å²) in [6.07, 6.45) is 31.4. The summed E-state index contributed by atoms with van der Waals surface area (Å²) >= 11 is 0. The minimum absolute atomic E-state index is 0.00264. The number of nitrogens with one attached hydrogen (secondary N) is 12. The molecule has 2 unspecified atom stereocenters. The number of hydrogen-bond donors (Lipinski definition) is 14. The summed E-state index contributed by atoms with van der Waals surface area (Å²) in [5.41, 5.74) is 0.0479. The average Bonchev–Trinajstić information content (AvgIpc) is 0.853. The Balaban J connectivity index is -0.000000263. The number of amides is 15. The van der Waals surface area contributed by atoms with Crippen LogP contribution in [0.25, 0.3) is 0 Å². The van der Waals surface area contributed by atoms with Crippen LogP contribution in [0.15, 0.2) is 239 Å². The van der Waals surface area contributed by atoms with E-state index in [9.17, 15) is 96.2 Å². The van der Waals surface area contributed by atoms with Crippen molar-refractivity contribution in [3.05, 3.63) is 239 Å². The Morgan fingerprint density at radius 1 is 0.273 bits per heavy atom. The molecule has 0 saturated heterocycles. The normalized spacial score (nSPS) is 10.1. The predicted octanol–water partition coefficient (Wildman–Crippen LogP) is 5.86. The van der Waals surface area contributed by atoms with Gasteiger partial charge >= 0.3 is 0 Å². The van der Waals surface area contributed by atoms with Gasteiger partial charge in [-0.25, -0.2) is 0 Å². The van der Waals surface area contributed by atoms with Crippen molar-refractivity contribution in [1.82, 2.24) is 78.5 Å². The van der Waals surface area contributed by atoms with Gasteiger partial charge in [0, 0.05) is 148 Å². The van der Waals surface area contributed by atoms with E-state index in [2.05, 4.69) is 197 Å². The largest absolute Gasteiger partial charge is 0.388 e. The maximum Gasteiger partial charge on any atom is 0.247 e. The van der Waals surface area contributed by atoms with Crippen LogP contribution in [0.4, 0.5) is 0 Å². The van der Waals surface area contributed by atoms with Gasteiger partial charge in [-0.2, -0.15) is 0 Å². The highest BCUT2D eigenvalue weighted by atomic mass is 16.5. The molecule has 150 heavy (non-hydrogen) atoms. The molecule has 0 aromatic carbocycles. The number of rotatable bonds is 83. The molecule has 42 heteroatoms. The van der Waals surface area contributed by atoms with Crippen molar-refractivity contribution in [3.8, 4) is 0 Å². The van der Waals surface area contributed by atoms with Crippen LogP contribution >= 0.6 is 0 Å². The lowest BCUT2D eigenvalue weighted by Gasteiger charge is -2.34. The van der Waals surface area contributed by atoms with Crippen LogP contribution in [0.3, 0.4) is 0 Å². The summed E-state index contributed by atoms with van der Waals surface area (Å²) in [5.74, 6) is -4.86. The molecule has 0 rings (SSSR count). The summed E-state index contributed by atoms with van der Waals surface area (Å²) in [4.78, 5) is 215. The fourth-order valence-corrected chi connectivity index (χ4v) is 10.2. The molecule has 0 spiro atoms. The Labute approximate surface area is 887 Å². The quantitative estimate of drug-likeness (QED) is 0.0193. The monoisotopic (exact) mass is 2110 g/mol. The third kappa shape index (κ3) is 103. The van der Waals surface area contributed by atoms with Gasteiger partial charge in [0.15, 0.2) is 29.4 Å². The van der Waals surface area contributed by atoms with Crippen molar-refractivity contribution in [3.63, 3.8) is 0 Å². The fraction of sp³-hybridized carbons (Fsp3) is 0.472. The van der Waals surface area contributed by atoms with Crippen molar-refractivity contribution in [1.29, 1.82) is 0 Å². The summed E-state index contributed by atoms with van der Waals surface area (Å²) in [6, 6.07) is 0. The molecule has 0 aromatic rings. The van der Waals surface area contributed by atoms with Gasteiger partial charge in [-0.3, -0.25) is 91.1 Å². The van der Waals surface area contributed by atoms with E-state index in [1.54, 1.807) is 13.8 Å². The summed E-state index contributed by atoms with van der Waals surface area (Å²) in [7, 11) is 0. The van der Waals surface area contributed by atoms with Crippen LogP contribution in [0.2, 0.25) is 0 Å². The minimum atomic E-state index is -1.48. The molecule has 0 fully saturated rings. The van der Waals surface area contributed by atoms with E-state index in [1.165, 1.54) is 101 Å². The number of aliphatic hydroxyl groups is 2. The van der Waals surface area contributed by atoms with Crippen molar-refractivity contribution >= 4 is 112 Å². The molecule has 0 bridgehead atoms. The molecule has 15 amide bonds. The highest BCUT2D eigenvalue weighted by molar-refractivity contribution is 5.96. The second-order valence-corrected chi connectivity index (χ2v) is 31.0. The van der Waals surface area contributed by atoms with Gasteiger partial charge in [0.05, 0.1) is 59.6 Å². The van der Waals surface area contributed by atoms with Gasteiger partial charge in [-0.1, -0.05) is 177 Å². The zero-order valence-electron chi connectivity index (χ0n) is 89.0. The first-order valence-corrected chi connectivity index (χ1v) is 48.7. The summed E-state index contributed by atoms with van der Waals surface area (Å²) < 4.78 is 33.8. The van der Waals surface area contributed by atoms with Gasteiger partial charge < -0.3 is 117 Å². The Bertz CT molecular complexity index is 4000. The number of nitrogens with zero attached hydrogens (tertiary/aromatic N) is 3. The molecule has 0 aliphatic rings. The lowest BCUT2D eigenvalue weighted by Crippen LogP contribution is -2.58. The van der Waals surface area contributed by atoms with Gasteiger partial charge in [0.2, 0.25) is 88.6 Å². The second-order valence-electron chi connectivity index (χ2n) is 31.0. The maximum absolute atomic E-state index is 12.2. The number of aliphatic hydroxyl groups excluding tert-OH is 2. The highest BCUT2D eigenvalue weighted by Gasteiger charge is 2.33. The average molecular weight is 2110 g/mol. The Kier molecular flexibility index (Phi) is 109. The van der Waals surface area contributed by atoms with Crippen LogP contribution in [0.1, 0.15) is 143 Å². The smallest absolute Gasteiger partial charge is 0.247 e. The van der Waals surface area contributed by atoms with E-state index >= 15 is 0 Å². The molecule has 0 aliphatic carbocycles. The first-order valence-electron chi connectivity index (χ1n) is 48.7. The zero-order valence-corrected chi connectivity index (χ0v) is 89.0. The van der Waals surface area contributed by atoms with Crippen molar-refractivity contribution < 1.29 is 130 Å². The number of carbonyl (C=O) groups excluding carboxylic acids is 19. The first kappa shape index (κ1) is 151. The van der Waals surface area contributed by atoms with Gasteiger partial charge in [-0.05, 0) is 169 Å². The van der Waals surface area contributed by atoms with Crippen LogP contribution in [0, 0.1) is 0 Å². The van der Waals surface area contributed by atoms with Crippen molar-refractivity contribution in [2.75, 3.05) is 171 Å².